The molecule has 2 heterocycles. The van der Waals surface area contributed by atoms with Gasteiger partial charge >= 0.3 is 0 Å². The van der Waals surface area contributed by atoms with Gasteiger partial charge in [0.2, 0.25) is 0 Å². The zero-order valence-electron chi connectivity index (χ0n) is 31.2. The molecule has 1 aromatic heterocycles. The highest BCUT2D eigenvalue weighted by molar-refractivity contribution is 7.99. The lowest BCUT2D eigenvalue weighted by molar-refractivity contribution is 0.722. The van der Waals surface area contributed by atoms with Crippen molar-refractivity contribution in [3.05, 3.63) is 222 Å². The van der Waals surface area contributed by atoms with Crippen LogP contribution in [0.5, 0.6) is 0 Å². The molecule has 0 saturated heterocycles. The van der Waals surface area contributed by atoms with Crippen LogP contribution in [0.4, 0.5) is 0 Å². The van der Waals surface area contributed by atoms with E-state index in [0.29, 0.717) is 23.0 Å². The molecule has 0 unspecified atom stereocenters. The van der Waals surface area contributed by atoms with Crippen molar-refractivity contribution in [1.29, 1.82) is 5.26 Å². The Morgan fingerprint density at radius 1 is 0.362 bits per heavy atom. The van der Waals surface area contributed by atoms with Crippen LogP contribution in [0, 0.1) is 11.3 Å². The SMILES string of the molecule is N#Cc1ccc2c(c1)C1(c3cc(-c4cccc(-c5nc(-c6ccccc6)nc(-c6ccc(-c7ccccc7)cc6)n5)c4)ccc3S2)c2ccccc2-c2ccccc21. The predicted molar refractivity (Wildman–Crippen MR) is 233 cm³/mol. The topological polar surface area (TPSA) is 62.5 Å². The third-order valence-electron chi connectivity index (χ3n) is 11.4. The summed E-state index contributed by atoms with van der Waals surface area (Å²) in [7, 11) is 0. The van der Waals surface area contributed by atoms with Crippen molar-refractivity contribution in [3.8, 4) is 73.6 Å². The summed E-state index contributed by atoms with van der Waals surface area (Å²) in [5, 5.41) is 10.1. The minimum atomic E-state index is -0.590. The van der Waals surface area contributed by atoms with Crippen LogP contribution in [0.25, 0.3) is 67.5 Å². The van der Waals surface area contributed by atoms with Crippen LogP contribution >= 0.6 is 11.8 Å². The highest BCUT2D eigenvalue weighted by atomic mass is 32.2. The van der Waals surface area contributed by atoms with E-state index in [0.717, 1.165) is 44.5 Å². The molecular weight excluding hydrogens is 725 g/mol. The van der Waals surface area contributed by atoms with Crippen molar-refractivity contribution >= 4 is 11.8 Å². The summed E-state index contributed by atoms with van der Waals surface area (Å²) in [4.78, 5) is 17.5. The Morgan fingerprint density at radius 2 is 0.810 bits per heavy atom. The summed E-state index contributed by atoms with van der Waals surface area (Å²) in [6.45, 7) is 0. The molecule has 1 aliphatic heterocycles. The highest BCUT2D eigenvalue weighted by Crippen LogP contribution is 2.62. The van der Waals surface area contributed by atoms with Gasteiger partial charge in [-0.25, -0.2) is 15.0 Å². The Balaban J connectivity index is 1.06. The normalized spacial score (nSPS) is 12.9. The van der Waals surface area contributed by atoms with Crippen LogP contribution in [-0.2, 0) is 5.41 Å². The number of nitriles is 1. The van der Waals surface area contributed by atoms with Gasteiger partial charge in [-0.2, -0.15) is 5.26 Å². The molecule has 58 heavy (non-hydrogen) atoms. The van der Waals surface area contributed by atoms with Crippen molar-refractivity contribution in [2.45, 2.75) is 15.2 Å². The number of rotatable bonds is 5. The van der Waals surface area contributed by atoms with Gasteiger partial charge in [-0.05, 0) is 92.0 Å². The van der Waals surface area contributed by atoms with Gasteiger partial charge in [-0.3, -0.25) is 0 Å². The third kappa shape index (κ3) is 5.42. The van der Waals surface area contributed by atoms with Crippen molar-refractivity contribution in [3.63, 3.8) is 0 Å². The van der Waals surface area contributed by atoms with Gasteiger partial charge in [0.1, 0.15) is 0 Å². The number of benzene rings is 8. The molecule has 0 atom stereocenters. The predicted octanol–water partition coefficient (Wildman–Crippen LogP) is 12.9. The van der Waals surface area contributed by atoms with Crippen LogP contribution in [0.1, 0.15) is 27.8 Å². The molecule has 0 saturated carbocycles. The molecule has 4 nitrogen and oxygen atoms in total. The Kier molecular flexibility index (Phi) is 7.99. The number of hydrogen-bond donors (Lipinski definition) is 0. The first-order chi connectivity index (χ1) is 28.7. The van der Waals surface area contributed by atoms with E-state index in [9.17, 15) is 5.26 Å². The quantitative estimate of drug-likeness (QED) is 0.175. The maximum Gasteiger partial charge on any atom is 0.164 e. The molecule has 0 fully saturated rings. The van der Waals surface area contributed by atoms with Gasteiger partial charge in [-0.15, -0.1) is 0 Å². The van der Waals surface area contributed by atoms with Crippen LogP contribution in [0.2, 0.25) is 0 Å². The third-order valence-corrected chi connectivity index (χ3v) is 12.6. The van der Waals surface area contributed by atoms with Crippen molar-refractivity contribution < 1.29 is 0 Å². The first-order valence-corrected chi connectivity index (χ1v) is 20.1. The summed E-state index contributed by atoms with van der Waals surface area (Å²) in [5.74, 6) is 1.86. The van der Waals surface area contributed by atoms with Crippen LogP contribution < -0.4 is 0 Å². The first-order valence-electron chi connectivity index (χ1n) is 19.3. The fourth-order valence-electron chi connectivity index (χ4n) is 8.78. The zero-order valence-corrected chi connectivity index (χ0v) is 32.0. The Hall–Kier alpha value is -7.39. The summed E-state index contributed by atoms with van der Waals surface area (Å²) in [6, 6.07) is 70.4. The van der Waals surface area contributed by atoms with Gasteiger partial charge < -0.3 is 0 Å². The summed E-state index contributed by atoms with van der Waals surface area (Å²) >= 11 is 1.78. The second-order valence-electron chi connectivity index (χ2n) is 14.7. The molecular formula is C53H32N4S. The summed E-state index contributed by atoms with van der Waals surface area (Å²) < 4.78 is 0. The van der Waals surface area contributed by atoms with E-state index in [1.165, 1.54) is 37.6 Å². The van der Waals surface area contributed by atoms with Crippen LogP contribution in [-0.4, -0.2) is 15.0 Å². The standard InChI is InChI=1S/C53H32N4S/c54-33-34-22-28-48-46(30-34)53(44-20-9-7-18-42(44)43-19-8-10-21-45(43)53)47-32-40(27-29-49(47)58-48)39-16-11-17-41(31-39)52-56-50(37-14-5-2-6-15-37)55-51(57-52)38-25-23-36(24-26-38)35-12-3-1-4-13-35/h1-32H. The van der Waals surface area contributed by atoms with E-state index in [4.69, 9.17) is 15.0 Å². The summed E-state index contributed by atoms with van der Waals surface area (Å²) in [5.41, 5.74) is 14.6. The minimum absolute atomic E-state index is 0.590. The van der Waals surface area contributed by atoms with E-state index >= 15 is 0 Å². The fraction of sp³-hybridized carbons (Fsp3) is 0.0189. The number of nitrogens with zero attached hydrogens (tertiary/aromatic N) is 4. The Bertz CT molecular complexity index is 3050. The number of fused-ring (bicyclic) bond motifs is 9. The number of hydrogen-bond acceptors (Lipinski definition) is 5. The van der Waals surface area contributed by atoms with Crippen molar-refractivity contribution in [1.82, 2.24) is 15.0 Å². The van der Waals surface area contributed by atoms with Gasteiger partial charge in [0, 0.05) is 26.5 Å². The molecule has 9 aromatic rings. The summed E-state index contributed by atoms with van der Waals surface area (Å²) in [6.07, 6.45) is 0. The molecule has 11 rings (SSSR count). The highest BCUT2D eigenvalue weighted by Gasteiger charge is 2.50. The molecule has 5 heteroatoms. The van der Waals surface area contributed by atoms with E-state index in [2.05, 4.69) is 158 Å². The first kappa shape index (κ1) is 33.9. The van der Waals surface area contributed by atoms with Gasteiger partial charge in [0.15, 0.2) is 17.5 Å². The van der Waals surface area contributed by atoms with E-state index in [1.807, 2.05) is 42.5 Å². The molecule has 8 aromatic carbocycles. The van der Waals surface area contributed by atoms with Crippen LogP contribution in [0.3, 0.4) is 0 Å². The lowest BCUT2D eigenvalue weighted by Gasteiger charge is -2.40. The second-order valence-corrected chi connectivity index (χ2v) is 15.8. The molecule has 270 valence electrons. The second kappa shape index (κ2) is 13.7. The van der Waals surface area contributed by atoms with E-state index in [-0.39, 0.29) is 0 Å². The Morgan fingerprint density at radius 3 is 1.47 bits per heavy atom. The largest absolute Gasteiger partial charge is 0.208 e. The lowest BCUT2D eigenvalue weighted by Crippen LogP contribution is -2.32. The Labute approximate surface area is 341 Å². The minimum Gasteiger partial charge on any atom is -0.208 e. The van der Waals surface area contributed by atoms with Crippen molar-refractivity contribution in [2.24, 2.45) is 0 Å². The van der Waals surface area contributed by atoms with Crippen LogP contribution in [0.15, 0.2) is 204 Å². The van der Waals surface area contributed by atoms with E-state index < -0.39 is 5.41 Å². The molecule has 0 radical (unpaired) electrons. The molecule has 0 N–H and O–H groups in total. The molecule has 1 aliphatic carbocycles. The molecule has 0 bridgehead atoms. The van der Waals surface area contributed by atoms with Gasteiger partial charge in [-0.1, -0.05) is 169 Å². The van der Waals surface area contributed by atoms with Gasteiger partial charge in [0.25, 0.3) is 0 Å². The fourth-order valence-corrected chi connectivity index (χ4v) is 9.94. The number of aromatic nitrogens is 3. The molecule has 0 amide bonds. The molecule has 2 aliphatic rings. The smallest absolute Gasteiger partial charge is 0.164 e. The van der Waals surface area contributed by atoms with Gasteiger partial charge in [0.05, 0.1) is 17.0 Å². The molecule has 1 spiro atoms. The lowest BCUT2D eigenvalue weighted by atomic mass is 9.66. The maximum absolute atomic E-state index is 10.1. The van der Waals surface area contributed by atoms with E-state index in [1.54, 1.807) is 11.8 Å². The average Bonchev–Trinajstić information content (AvgIpc) is 3.60. The van der Waals surface area contributed by atoms with Crippen molar-refractivity contribution in [2.75, 3.05) is 0 Å². The average molecular weight is 757 g/mol. The monoisotopic (exact) mass is 756 g/mol. The zero-order chi connectivity index (χ0) is 38.6. The maximum atomic E-state index is 10.1.